The van der Waals surface area contributed by atoms with Gasteiger partial charge in [0.05, 0.1) is 18.6 Å². The average Bonchev–Trinajstić information content (AvgIpc) is 3.06. The number of hydrogen-bond acceptors (Lipinski definition) is 4. The van der Waals surface area contributed by atoms with Crippen LogP contribution in [0.2, 0.25) is 0 Å². The summed E-state index contributed by atoms with van der Waals surface area (Å²) < 4.78 is 43.9. The molecule has 2 aliphatic rings. The van der Waals surface area contributed by atoms with Gasteiger partial charge in [0.25, 0.3) is 0 Å². The minimum absolute atomic E-state index is 0.0813. The largest absolute Gasteiger partial charge is 0.507 e. The molecule has 4 rings (SSSR count). The average molecular weight is 745 g/mol. The van der Waals surface area contributed by atoms with Crippen LogP contribution in [-0.4, -0.2) is 30.5 Å². The lowest BCUT2D eigenvalue weighted by molar-refractivity contribution is -0.181. The maximum Gasteiger partial charge on any atom is 0.397 e. The molecular formula is C47H78F2O4. The van der Waals surface area contributed by atoms with E-state index in [0.29, 0.717) is 24.2 Å². The molecular weight excluding hydrogens is 667 g/mol. The second kappa shape index (κ2) is 21.8. The predicted molar refractivity (Wildman–Crippen MR) is 220 cm³/mol. The lowest BCUT2D eigenvalue weighted by Crippen LogP contribution is -2.25. The van der Waals surface area contributed by atoms with E-state index in [1.165, 1.54) is 56.1 Å². The van der Waals surface area contributed by atoms with E-state index >= 15 is 0 Å². The predicted octanol–water partition coefficient (Wildman–Crippen LogP) is 14.3. The summed E-state index contributed by atoms with van der Waals surface area (Å²) in [4.78, 5) is 0. The number of phenolic OH excluding ortho intramolecular Hbond substituents is 1. The quantitative estimate of drug-likeness (QED) is 0.235. The van der Waals surface area contributed by atoms with E-state index in [1.807, 2.05) is 20.8 Å². The summed E-state index contributed by atoms with van der Waals surface area (Å²) in [6.45, 7) is 29.4. The van der Waals surface area contributed by atoms with Crippen LogP contribution in [0.25, 0.3) is 0 Å². The highest BCUT2D eigenvalue weighted by Gasteiger charge is 2.31. The molecule has 0 bridgehead atoms. The van der Waals surface area contributed by atoms with Gasteiger partial charge < -0.3 is 19.3 Å². The van der Waals surface area contributed by atoms with Crippen LogP contribution in [0.15, 0.2) is 24.3 Å². The van der Waals surface area contributed by atoms with Crippen LogP contribution in [0.3, 0.4) is 0 Å². The molecule has 2 aromatic carbocycles. The summed E-state index contributed by atoms with van der Waals surface area (Å²) >= 11 is 0. The fourth-order valence-corrected chi connectivity index (χ4v) is 7.44. The molecule has 0 aromatic heterocycles. The fraction of sp³-hybridized carbons (Fsp3) is 0.745. The number of rotatable bonds is 12. The number of aryl methyl sites for hydroxylation is 2. The van der Waals surface area contributed by atoms with Crippen molar-refractivity contribution in [1.29, 1.82) is 0 Å². The highest BCUT2D eigenvalue weighted by molar-refractivity contribution is 5.50. The normalized spacial score (nSPS) is 20.9. The van der Waals surface area contributed by atoms with Crippen molar-refractivity contribution in [3.8, 4) is 11.5 Å². The van der Waals surface area contributed by atoms with Crippen molar-refractivity contribution in [1.82, 2.24) is 0 Å². The molecule has 0 saturated carbocycles. The number of aromatic hydroxyl groups is 1. The van der Waals surface area contributed by atoms with Crippen LogP contribution in [0.4, 0.5) is 8.78 Å². The van der Waals surface area contributed by atoms with Gasteiger partial charge in [0.2, 0.25) is 0 Å². The molecule has 4 atom stereocenters. The molecule has 2 aromatic rings. The smallest absolute Gasteiger partial charge is 0.397 e. The van der Waals surface area contributed by atoms with E-state index in [4.69, 9.17) is 14.2 Å². The van der Waals surface area contributed by atoms with Crippen LogP contribution in [-0.2, 0) is 26.7 Å². The number of halogens is 2. The van der Waals surface area contributed by atoms with Gasteiger partial charge in [-0.25, -0.2) is 0 Å². The SMILES string of the molecule is CC1CCC(c2cc(C(C)(C)C)c(O)c(C(C)(C)C)c2)OC1.CCCC1CCC(CCC)OC1.CCCCC(F)(F)Oc1cc(C)c(CCC)c(C)c1. The Hall–Kier alpha value is -2.18. The van der Waals surface area contributed by atoms with Gasteiger partial charge in [0, 0.05) is 13.2 Å². The minimum atomic E-state index is -3.07. The first-order valence-corrected chi connectivity index (χ1v) is 21.0. The van der Waals surface area contributed by atoms with Crippen molar-refractivity contribution in [2.45, 2.75) is 203 Å². The van der Waals surface area contributed by atoms with Crippen molar-refractivity contribution in [3.63, 3.8) is 0 Å². The molecule has 6 heteroatoms. The van der Waals surface area contributed by atoms with Crippen molar-refractivity contribution in [2.24, 2.45) is 11.8 Å². The van der Waals surface area contributed by atoms with Crippen molar-refractivity contribution < 1.29 is 28.1 Å². The number of hydrogen-bond donors (Lipinski definition) is 1. The third-order valence-electron chi connectivity index (χ3n) is 10.7. The highest BCUT2D eigenvalue weighted by atomic mass is 19.3. The Bertz CT molecular complexity index is 1270. The molecule has 0 spiro atoms. The topological polar surface area (TPSA) is 47.9 Å². The molecule has 0 radical (unpaired) electrons. The summed E-state index contributed by atoms with van der Waals surface area (Å²) in [5, 5.41) is 10.8. The van der Waals surface area contributed by atoms with Gasteiger partial charge in [-0.15, -0.1) is 0 Å². The minimum Gasteiger partial charge on any atom is -0.507 e. The number of benzene rings is 2. The second-order valence-electron chi connectivity index (χ2n) is 18.1. The van der Waals surface area contributed by atoms with E-state index in [9.17, 15) is 13.9 Å². The molecule has 2 saturated heterocycles. The van der Waals surface area contributed by atoms with E-state index in [0.717, 1.165) is 67.1 Å². The summed E-state index contributed by atoms with van der Waals surface area (Å²) in [6.07, 6.45) is 10.9. The summed E-state index contributed by atoms with van der Waals surface area (Å²) in [5.41, 5.74) is 6.41. The zero-order valence-electron chi connectivity index (χ0n) is 36.2. The Morgan fingerprint density at radius 3 is 1.75 bits per heavy atom. The summed E-state index contributed by atoms with van der Waals surface area (Å²) in [7, 11) is 0. The maximum absolute atomic E-state index is 13.6. The van der Waals surface area contributed by atoms with E-state index in [-0.39, 0.29) is 29.1 Å². The van der Waals surface area contributed by atoms with Gasteiger partial charge in [0.15, 0.2) is 0 Å². The number of ether oxygens (including phenoxy) is 3. The molecule has 2 heterocycles. The van der Waals surface area contributed by atoms with Crippen LogP contribution in [0, 0.1) is 25.7 Å². The summed E-state index contributed by atoms with van der Waals surface area (Å²) in [5.74, 6) is 2.24. The maximum atomic E-state index is 13.6. The van der Waals surface area contributed by atoms with E-state index in [1.54, 1.807) is 12.1 Å². The van der Waals surface area contributed by atoms with Gasteiger partial charge in [-0.05, 0) is 146 Å². The van der Waals surface area contributed by atoms with Crippen LogP contribution in [0.1, 0.15) is 193 Å². The molecule has 4 nitrogen and oxygen atoms in total. The molecule has 304 valence electrons. The molecule has 1 N–H and O–H groups in total. The zero-order valence-corrected chi connectivity index (χ0v) is 36.2. The second-order valence-corrected chi connectivity index (χ2v) is 18.1. The highest BCUT2D eigenvalue weighted by Crippen LogP contribution is 2.43. The third kappa shape index (κ3) is 15.8. The van der Waals surface area contributed by atoms with Gasteiger partial charge in [-0.2, -0.15) is 8.78 Å². The van der Waals surface area contributed by atoms with Gasteiger partial charge >= 0.3 is 6.11 Å². The van der Waals surface area contributed by atoms with E-state index in [2.05, 4.69) is 81.4 Å². The Labute approximate surface area is 324 Å². The lowest BCUT2D eigenvalue weighted by atomic mass is 9.77. The Morgan fingerprint density at radius 1 is 0.736 bits per heavy atom. The van der Waals surface area contributed by atoms with Crippen LogP contribution in [0.5, 0.6) is 11.5 Å². The molecule has 2 aliphatic heterocycles. The van der Waals surface area contributed by atoms with Gasteiger partial charge in [-0.1, -0.05) is 102 Å². The Kier molecular flexibility index (Phi) is 19.3. The molecule has 2 fully saturated rings. The Morgan fingerprint density at radius 2 is 1.32 bits per heavy atom. The number of alkyl halides is 2. The first-order valence-electron chi connectivity index (χ1n) is 21.0. The van der Waals surface area contributed by atoms with Crippen molar-refractivity contribution >= 4 is 0 Å². The molecule has 0 amide bonds. The van der Waals surface area contributed by atoms with Gasteiger partial charge in [0.1, 0.15) is 11.5 Å². The van der Waals surface area contributed by atoms with Gasteiger partial charge in [-0.3, -0.25) is 0 Å². The Balaban J connectivity index is 0.000000287. The number of phenols is 1. The van der Waals surface area contributed by atoms with Crippen molar-refractivity contribution in [3.05, 3.63) is 57.6 Å². The lowest BCUT2D eigenvalue weighted by Gasteiger charge is -2.32. The van der Waals surface area contributed by atoms with Crippen molar-refractivity contribution in [2.75, 3.05) is 13.2 Å². The monoisotopic (exact) mass is 745 g/mol. The van der Waals surface area contributed by atoms with Crippen LogP contribution < -0.4 is 4.74 Å². The standard InChI is InChI=1S/C20H32O2.C16H24F2O.C11H22O/c1-13-8-9-17(22-12-13)14-10-15(19(2,3)4)18(21)16(11-14)20(5,6)7;1-5-7-9-16(17,18)19-14-10-12(3)15(8-6-2)13(4)11-14;1-3-5-10-7-8-11(6-4-2)12-9-10/h10-11,13,17,21H,8-9,12H2,1-7H3;10-11H,5-9H2,1-4H3;10-11H,3-9H2,1-2H3. The first-order chi connectivity index (χ1) is 24.8. The van der Waals surface area contributed by atoms with E-state index < -0.39 is 6.11 Å². The first kappa shape index (κ1) is 47.0. The summed E-state index contributed by atoms with van der Waals surface area (Å²) in [6, 6.07) is 7.76. The fourth-order valence-electron chi connectivity index (χ4n) is 7.44. The zero-order chi connectivity index (χ0) is 40.0. The molecule has 4 unspecified atom stereocenters. The molecule has 53 heavy (non-hydrogen) atoms. The van der Waals surface area contributed by atoms with Crippen LogP contribution >= 0.6 is 0 Å². The third-order valence-corrected chi connectivity index (χ3v) is 10.7. The molecule has 0 aliphatic carbocycles. The number of unbranched alkanes of at least 4 members (excludes halogenated alkanes) is 1.